The predicted octanol–water partition coefficient (Wildman–Crippen LogP) is 2.79. The number of halogens is 1. The average Bonchev–Trinajstić information content (AvgIpc) is 2.57. The number of nitrogens with one attached hydrogen (secondary N) is 1. The fraction of sp³-hybridized carbons (Fsp3) is 0.316. The number of anilines is 1. The highest BCUT2D eigenvalue weighted by Gasteiger charge is 2.13. The molecule has 2 rings (SSSR count). The number of likely N-dealkylation sites (N-methyl/N-ethyl adjacent to an activating group) is 1. The highest BCUT2D eigenvalue weighted by atomic mass is 35.5. The van der Waals surface area contributed by atoms with E-state index in [2.05, 4.69) is 5.32 Å². The Hall–Kier alpha value is -1.92. The van der Waals surface area contributed by atoms with Crippen molar-refractivity contribution in [2.45, 2.75) is 12.7 Å². The minimum atomic E-state index is -0.665. The molecular weight excluding hydrogens is 340 g/mol. The summed E-state index contributed by atoms with van der Waals surface area (Å²) in [7, 11) is 1.77. The number of rotatable bonds is 9. The van der Waals surface area contributed by atoms with Crippen molar-refractivity contribution >= 4 is 23.2 Å². The third-order valence-corrected chi connectivity index (χ3v) is 3.84. The van der Waals surface area contributed by atoms with E-state index in [9.17, 15) is 9.90 Å². The molecule has 2 aromatic carbocycles. The number of aliphatic hydroxyl groups excluding tert-OH is 1. The largest absolute Gasteiger partial charge is 0.389 e. The standard InChI is InChI=1S/C19H23ClN2O3/c1-22(12-19(24)21-18-10-6-5-9-17(18)20)11-16(23)14-25-13-15-7-3-2-4-8-15/h2-10,16,23H,11-14H2,1H3,(H,21,24). The van der Waals surface area contributed by atoms with E-state index in [4.69, 9.17) is 16.3 Å². The van der Waals surface area contributed by atoms with E-state index < -0.39 is 6.10 Å². The Morgan fingerprint density at radius 1 is 1.20 bits per heavy atom. The third kappa shape index (κ3) is 7.23. The summed E-state index contributed by atoms with van der Waals surface area (Å²) < 4.78 is 5.50. The van der Waals surface area contributed by atoms with Crippen LogP contribution in [0.3, 0.4) is 0 Å². The highest BCUT2D eigenvalue weighted by Crippen LogP contribution is 2.20. The van der Waals surface area contributed by atoms with Gasteiger partial charge in [0, 0.05) is 6.54 Å². The van der Waals surface area contributed by atoms with Gasteiger partial charge in [0.05, 0.1) is 36.6 Å². The van der Waals surface area contributed by atoms with Crippen LogP contribution < -0.4 is 5.32 Å². The lowest BCUT2D eigenvalue weighted by molar-refractivity contribution is -0.117. The van der Waals surface area contributed by atoms with Crippen LogP contribution in [-0.2, 0) is 16.1 Å². The van der Waals surface area contributed by atoms with E-state index >= 15 is 0 Å². The van der Waals surface area contributed by atoms with Crippen LogP contribution in [0.2, 0.25) is 5.02 Å². The Morgan fingerprint density at radius 2 is 1.88 bits per heavy atom. The number of carbonyl (C=O) groups is 1. The molecule has 6 heteroatoms. The molecule has 0 radical (unpaired) electrons. The SMILES string of the molecule is CN(CC(=O)Nc1ccccc1Cl)CC(O)COCc1ccccc1. The van der Waals surface area contributed by atoms with Crippen molar-refractivity contribution in [3.63, 3.8) is 0 Å². The summed E-state index contributed by atoms with van der Waals surface area (Å²) in [4.78, 5) is 13.8. The molecule has 5 nitrogen and oxygen atoms in total. The molecule has 2 N–H and O–H groups in total. The van der Waals surface area contributed by atoms with Gasteiger partial charge in [0.25, 0.3) is 0 Å². The number of amides is 1. The Labute approximate surface area is 153 Å². The van der Waals surface area contributed by atoms with E-state index in [0.717, 1.165) is 5.56 Å². The first kappa shape index (κ1) is 19.4. The van der Waals surface area contributed by atoms with Gasteiger partial charge < -0.3 is 15.2 Å². The van der Waals surface area contributed by atoms with Gasteiger partial charge in [-0.05, 0) is 24.7 Å². The highest BCUT2D eigenvalue weighted by molar-refractivity contribution is 6.33. The second-order valence-corrected chi connectivity index (χ2v) is 6.29. The van der Waals surface area contributed by atoms with Crippen LogP contribution in [0.25, 0.3) is 0 Å². The Bertz CT molecular complexity index is 667. The van der Waals surface area contributed by atoms with Crippen LogP contribution in [0.1, 0.15) is 5.56 Å². The second kappa shape index (κ2) is 10.2. The minimum absolute atomic E-state index is 0.154. The number of hydrogen-bond acceptors (Lipinski definition) is 4. The molecule has 0 aliphatic carbocycles. The van der Waals surface area contributed by atoms with Gasteiger partial charge in [0.2, 0.25) is 5.91 Å². The van der Waals surface area contributed by atoms with Crippen molar-refractivity contribution in [2.24, 2.45) is 0 Å². The van der Waals surface area contributed by atoms with Gasteiger partial charge in [-0.15, -0.1) is 0 Å². The summed E-state index contributed by atoms with van der Waals surface area (Å²) in [6.07, 6.45) is -0.665. The Kier molecular flexibility index (Phi) is 7.88. The summed E-state index contributed by atoms with van der Waals surface area (Å²) in [6.45, 7) is 1.16. The van der Waals surface area contributed by atoms with Crippen molar-refractivity contribution in [1.82, 2.24) is 4.90 Å². The molecule has 0 saturated carbocycles. The van der Waals surface area contributed by atoms with Crippen LogP contribution >= 0.6 is 11.6 Å². The molecule has 0 aliphatic heterocycles. The maximum atomic E-state index is 12.0. The minimum Gasteiger partial charge on any atom is -0.389 e. The molecule has 25 heavy (non-hydrogen) atoms. The van der Waals surface area contributed by atoms with Crippen molar-refractivity contribution in [3.8, 4) is 0 Å². The lowest BCUT2D eigenvalue weighted by Crippen LogP contribution is -2.37. The molecule has 0 fully saturated rings. The van der Waals surface area contributed by atoms with E-state index in [-0.39, 0.29) is 19.1 Å². The second-order valence-electron chi connectivity index (χ2n) is 5.88. The first-order chi connectivity index (χ1) is 12.0. The first-order valence-electron chi connectivity index (χ1n) is 8.07. The van der Waals surface area contributed by atoms with Gasteiger partial charge in [0.15, 0.2) is 0 Å². The van der Waals surface area contributed by atoms with Crippen LogP contribution in [-0.4, -0.2) is 48.8 Å². The third-order valence-electron chi connectivity index (χ3n) is 3.51. The number of para-hydroxylation sites is 1. The molecule has 1 amide bonds. The zero-order valence-electron chi connectivity index (χ0n) is 14.2. The summed E-state index contributed by atoms with van der Waals surface area (Å²) in [5, 5.41) is 13.3. The number of carbonyl (C=O) groups excluding carboxylic acids is 1. The predicted molar refractivity (Wildman–Crippen MR) is 99.7 cm³/mol. The Morgan fingerprint density at radius 3 is 2.60 bits per heavy atom. The molecule has 134 valence electrons. The van der Waals surface area contributed by atoms with E-state index in [1.165, 1.54) is 0 Å². The quantitative estimate of drug-likeness (QED) is 0.720. The molecule has 1 atom stereocenters. The smallest absolute Gasteiger partial charge is 0.238 e. The number of benzene rings is 2. The lowest BCUT2D eigenvalue weighted by atomic mass is 10.2. The van der Waals surface area contributed by atoms with Crippen molar-refractivity contribution < 1.29 is 14.6 Å². The monoisotopic (exact) mass is 362 g/mol. The molecule has 0 saturated heterocycles. The molecule has 0 spiro atoms. The topological polar surface area (TPSA) is 61.8 Å². The summed E-state index contributed by atoms with van der Waals surface area (Å²) in [5.41, 5.74) is 1.64. The zero-order valence-corrected chi connectivity index (χ0v) is 14.9. The van der Waals surface area contributed by atoms with Crippen LogP contribution in [0, 0.1) is 0 Å². The molecular formula is C19H23ClN2O3. The normalized spacial score (nSPS) is 12.2. The fourth-order valence-corrected chi connectivity index (χ4v) is 2.54. The van der Waals surface area contributed by atoms with Gasteiger partial charge in [-0.3, -0.25) is 9.69 Å². The van der Waals surface area contributed by atoms with Crippen LogP contribution in [0.5, 0.6) is 0 Å². The van der Waals surface area contributed by atoms with Crippen LogP contribution in [0.15, 0.2) is 54.6 Å². The van der Waals surface area contributed by atoms with E-state index in [1.807, 2.05) is 30.3 Å². The van der Waals surface area contributed by atoms with E-state index in [1.54, 1.807) is 36.2 Å². The fourth-order valence-electron chi connectivity index (χ4n) is 2.36. The maximum absolute atomic E-state index is 12.0. The summed E-state index contributed by atoms with van der Waals surface area (Å²) >= 11 is 6.01. The first-order valence-corrected chi connectivity index (χ1v) is 8.45. The summed E-state index contributed by atoms with van der Waals surface area (Å²) in [6, 6.07) is 16.8. The number of aliphatic hydroxyl groups is 1. The van der Waals surface area contributed by atoms with Gasteiger partial charge in [-0.1, -0.05) is 54.1 Å². The molecule has 1 unspecified atom stereocenters. The number of ether oxygens (including phenoxy) is 1. The van der Waals surface area contributed by atoms with Crippen molar-refractivity contribution in [3.05, 3.63) is 65.2 Å². The van der Waals surface area contributed by atoms with Gasteiger partial charge in [-0.2, -0.15) is 0 Å². The van der Waals surface area contributed by atoms with Crippen LogP contribution in [0.4, 0.5) is 5.69 Å². The summed E-state index contributed by atoms with van der Waals surface area (Å²) in [5.74, 6) is -0.187. The molecule has 2 aromatic rings. The maximum Gasteiger partial charge on any atom is 0.238 e. The van der Waals surface area contributed by atoms with Gasteiger partial charge in [-0.25, -0.2) is 0 Å². The van der Waals surface area contributed by atoms with Gasteiger partial charge in [0.1, 0.15) is 0 Å². The zero-order chi connectivity index (χ0) is 18.1. The molecule has 0 aromatic heterocycles. The lowest BCUT2D eigenvalue weighted by Gasteiger charge is -2.20. The molecule has 0 bridgehead atoms. The Balaban J connectivity index is 1.67. The number of hydrogen-bond donors (Lipinski definition) is 2. The molecule has 0 aliphatic rings. The molecule has 0 heterocycles. The van der Waals surface area contributed by atoms with E-state index in [0.29, 0.717) is 23.9 Å². The average molecular weight is 363 g/mol. The van der Waals surface area contributed by atoms with Crippen molar-refractivity contribution in [1.29, 1.82) is 0 Å². The van der Waals surface area contributed by atoms with Gasteiger partial charge >= 0.3 is 0 Å². The van der Waals surface area contributed by atoms with Crippen molar-refractivity contribution in [2.75, 3.05) is 32.1 Å². The number of nitrogens with zero attached hydrogens (tertiary/aromatic N) is 1.